The molecule has 0 aromatic heterocycles. The van der Waals surface area contributed by atoms with Crippen LogP contribution in [0.5, 0.6) is 5.75 Å². The van der Waals surface area contributed by atoms with Gasteiger partial charge in [-0.3, -0.25) is 4.79 Å². The highest BCUT2D eigenvalue weighted by molar-refractivity contribution is 5.78. The number of carbonyl (C=O) groups is 1. The van der Waals surface area contributed by atoms with Crippen LogP contribution in [-0.2, 0) is 11.2 Å². The summed E-state index contributed by atoms with van der Waals surface area (Å²) in [6.07, 6.45) is 2.28. The zero-order valence-corrected chi connectivity index (χ0v) is 11.9. The first-order chi connectivity index (χ1) is 9.01. The highest BCUT2D eigenvalue weighted by atomic mass is 16.5. The van der Waals surface area contributed by atoms with E-state index in [1.165, 1.54) is 0 Å². The number of benzene rings is 1. The van der Waals surface area contributed by atoms with Gasteiger partial charge >= 0.3 is 5.97 Å². The molecule has 0 heterocycles. The monoisotopic (exact) mass is 265 g/mol. The number of nitrogens with one attached hydrogen (secondary N) is 1. The van der Waals surface area contributed by atoms with Crippen LogP contribution in [0.2, 0.25) is 0 Å². The quantitative estimate of drug-likeness (QED) is 0.758. The van der Waals surface area contributed by atoms with E-state index in [9.17, 15) is 9.90 Å². The first-order valence-electron chi connectivity index (χ1n) is 6.63. The first-order valence-corrected chi connectivity index (χ1v) is 6.63. The fraction of sp³-hybridized carbons (Fsp3) is 0.533. The Kier molecular flexibility index (Phi) is 5.83. The molecule has 1 atom stereocenters. The summed E-state index contributed by atoms with van der Waals surface area (Å²) in [6.45, 7) is 4.38. The molecule has 19 heavy (non-hydrogen) atoms. The summed E-state index contributed by atoms with van der Waals surface area (Å²) >= 11 is 0. The number of carboxylic acids is 1. The van der Waals surface area contributed by atoms with Gasteiger partial charge in [0.25, 0.3) is 0 Å². The predicted octanol–water partition coefficient (Wildman–Crippen LogP) is 2.47. The second kappa shape index (κ2) is 7.14. The maximum atomic E-state index is 11.3. The van der Waals surface area contributed by atoms with E-state index in [-0.39, 0.29) is 0 Å². The maximum absolute atomic E-state index is 11.3. The highest BCUT2D eigenvalue weighted by Crippen LogP contribution is 2.14. The van der Waals surface area contributed by atoms with Gasteiger partial charge in [0.05, 0.1) is 7.11 Å². The summed E-state index contributed by atoms with van der Waals surface area (Å²) < 4.78 is 5.10. The third kappa shape index (κ3) is 4.56. The molecule has 4 heteroatoms. The molecule has 0 saturated heterocycles. The molecule has 0 saturated carbocycles. The van der Waals surface area contributed by atoms with Crippen LogP contribution >= 0.6 is 0 Å². The van der Waals surface area contributed by atoms with E-state index in [0.717, 1.165) is 24.2 Å². The first kappa shape index (κ1) is 15.5. The van der Waals surface area contributed by atoms with E-state index in [2.05, 4.69) is 5.32 Å². The summed E-state index contributed by atoms with van der Waals surface area (Å²) in [5.41, 5.74) is 0.332. The molecule has 0 spiro atoms. The van der Waals surface area contributed by atoms with Gasteiger partial charge in [0.1, 0.15) is 11.3 Å². The number of hydrogen-bond donors (Lipinski definition) is 2. The van der Waals surface area contributed by atoms with Gasteiger partial charge in [-0.15, -0.1) is 0 Å². The molecule has 1 aromatic rings. The van der Waals surface area contributed by atoms with Crippen molar-refractivity contribution in [1.82, 2.24) is 5.32 Å². The van der Waals surface area contributed by atoms with Crippen LogP contribution in [0.15, 0.2) is 24.3 Å². The van der Waals surface area contributed by atoms with Crippen molar-refractivity contribution in [3.8, 4) is 5.75 Å². The van der Waals surface area contributed by atoms with Gasteiger partial charge in [0, 0.05) is 6.54 Å². The van der Waals surface area contributed by atoms with Gasteiger partial charge < -0.3 is 15.2 Å². The normalized spacial score (nSPS) is 13.8. The molecule has 1 rings (SSSR count). The lowest BCUT2D eigenvalue weighted by atomic mass is 9.96. The molecule has 0 aliphatic carbocycles. The fourth-order valence-corrected chi connectivity index (χ4v) is 2.05. The van der Waals surface area contributed by atoms with Gasteiger partial charge in [-0.25, -0.2) is 0 Å². The lowest BCUT2D eigenvalue weighted by molar-refractivity contribution is -0.144. The number of rotatable bonds is 8. The SMILES string of the molecule is CCCC(C)(NCCc1ccc(OC)cc1)C(=O)O. The van der Waals surface area contributed by atoms with E-state index < -0.39 is 11.5 Å². The molecule has 0 amide bonds. The molecule has 0 aliphatic heterocycles. The number of aliphatic carboxylic acids is 1. The Morgan fingerprint density at radius 1 is 1.37 bits per heavy atom. The van der Waals surface area contributed by atoms with Crippen molar-refractivity contribution < 1.29 is 14.6 Å². The third-order valence-corrected chi connectivity index (χ3v) is 3.31. The summed E-state index contributed by atoms with van der Waals surface area (Å²) in [5.74, 6) is 0.0437. The standard InChI is InChI=1S/C15H23NO3/c1-4-10-15(2,14(17)18)16-11-9-12-5-7-13(19-3)8-6-12/h5-8,16H,4,9-11H2,1-3H3,(H,17,18). The molecule has 2 N–H and O–H groups in total. The Morgan fingerprint density at radius 2 is 2.00 bits per heavy atom. The molecule has 1 unspecified atom stereocenters. The van der Waals surface area contributed by atoms with E-state index in [1.807, 2.05) is 31.2 Å². The van der Waals surface area contributed by atoms with Crippen LogP contribution in [0.3, 0.4) is 0 Å². The molecule has 4 nitrogen and oxygen atoms in total. The lowest BCUT2D eigenvalue weighted by Crippen LogP contribution is -2.50. The minimum absolute atomic E-state index is 0.630. The average Bonchev–Trinajstić information content (AvgIpc) is 2.39. The van der Waals surface area contributed by atoms with E-state index in [0.29, 0.717) is 13.0 Å². The molecule has 0 aliphatic rings. The van der Waals surface area contributed by atoms with Crippen molar-refractivity contribution in [3.63, 3.8) is 0 Å². The lowest BCUT2D eigenvalue weighted by Gasteiger charge is -2.25. The molecule has 0 radical (unpaired) electrons. The molecule has 0 fully saturated rings. The summed E-state index contributed by atoms with van der Waals surface area (Å²) in [5, 5.41) is 12.4. The Hall–Kier alpha value is -1.55. The van der Waals surface area contributed by atoms with Crippen molar-refractivity contribution in [2.45, 2.75) is 38.6 Å². The van der Waals surface area contributed by atoms with Crippen LogP contribution in [0.4, 0.5) is 0 Å². The van der Waals surface area contributed by atoms with Crippen LogP contribution in [0, 0.1) is 0 Å². The van der Waals surface area contributed by atoms with E-state index >= 15 is 0 Å². The van der Waals surface area contributed by atoms with Gasteiger partial charge in [-0.2, -0.15) is 0 Å². The summed E-state index contributed by atoms with van der Waals surface area (Å²) in [7, 11) is 1.64. The van der Waals surface area contributed by atoms with Crippen LogP contribution < -0.4 is 10.1 Å². The Balaban J connectivity index is 2.49. The Morgan fingerprint density at radius 3 is 2.47 bits per heavy atom. The number of hydrogen-bond acceptors (Lipinski definition) is 3. The number of methoxy groups -OCH3 is 1. The van der Waals surface area contributed by atoms with Crippen molar-refractivity contribution in [3.05, 3.63) is 29.8 Å². The second-order valence-corrected chi connectivity index (χ2v) is 4.91. The minimum atomic E-state index is -0.832. The molecule has 1 aromatic carbocycles. The molecular formula is C15H23NO3. The smallest absolute Gasteiger partial charge is 0.323 e. The van der Waals surface area contributed by atoms with E-state index in [1.54, 1.807) is 14.0 Å². The van der Waals surface area contributed by atoms with Crippen LogP contribution in [0.1, 0.15) is 32.3 Å². The predicted molar refractivity (Wildman–Crippen MR) is 75.6 cm³/mol. The Labute approximate surface area is 114 Å². The third-order valence-electron chi connectivity index (χ3n) is 3.31. The minimum Gasteiger partial charge on any atom is -0.497 e. The molecule has 106 valence electrons. The second-order valence-electron chi connectivity index (χ2n) is 4.91. The zero-order chi connectivity index (χ0) is 14.3. The fourth-order valence-electron chi connectivity index (χ4n) is 2.05. The van der Waals surface area contributed by atoms with Crippen molar-refractivity contribution in [2.75, 3.05) is 13.7 Å². The van der Waals surface area contributed by atoms with Crippen molar-refractivity contribution in [1.29, 1.82) is 0 Å². The van der Waals surface area contributed by atoms with Gasteiger partial charge in [0.15, 0.2) is 0 Å². The van der Waals surface area contributed by atoms with Crippen molar-refractivity contribution >= 4 is 5.97 Å². The van der Waals surface area contributed by atoms with Crippen LogP contribution in [-0.4, -0.2) is 30.3 Å². The van der Waals surface area contributed by atoms with Gasteiger partial charge in [0.2, 0.25) is 0 Å². The van der Waals surface area contributed by atoms with Gasteiger partial charge in [-0.1, -0.05) is 25.5 Å². The van der Waals surface area contributed by atoms with Crippen molar-refractivity contribution in [2.24, 2.45) is 0 Å². The maximum Gasteiger partial charge on any atom is 0.323 e. The zero-order valence-electron chi connectivity index (χ0n) is 11.9. The number of ether oxygens (including phenoxy) is 1. The largest absolute Gasteiger partial charge is 0.497 e. The number of carboxylic acid groups (broad SMARTS) is 1. The summed E-state index contributed by atoms with van der Waals surface area (Å²) in [4.78, 5) is 11.3. The Bertz CT molecular complexity index is 402. The topological polar surface area (TPSA) is 58.6 Å². The highest BCUT2D eigenvalue weighted by Gasteiger charge is 2.30. The van der Waals surface area contributed by atoms with Crippen LogP contribution in [0.25, 0.3) is 0 Å². The average molecular weight is 265 g/mol. The van der Waals surface area contributed by atoms with Gasteiger partial charge in [-0.05, 0) is 37.5 Å². The molecule has 0 bridgehead atoms. The molecular weight excluding hydrogens is 242 g/mol. The summed E-state index contributed by atoms with van der Waals surface area (Å²) in [6, 6.07) is 7.83. The van der Waals surface area contributed by atoms with E-state index in [4.69, 9.17) is 4.74 Å².